The molecule has 0 heterocycles. The summed E-state index contributed by atoms with van der Waals surface area (Å²) in [4.78, 5) is 0. The molecule has 1 aromatic carbocycles. The zero-order valence-electron chi connectivity index (χ0n) is 12.0. The molecule has 0 bridgehead atoms. The predicted molar refractivity (Wildman–Crippen MR) is 76.3 cm³/mol. The molecule has 114 valence electrons. The van der Waals surface area contributed by atoms with Crippen molar-refractivity contribution in [2.45, 2.75) is 19.4 Å². The van der Waals surface area contributed by atoms with Crippen molar-refractivity contribution in [3.8, 4) is 0 Å². The first-order valence-corrected chi connectivity index (χ1v) is 7.01. The number of benzene rings is 1. The van der Waals surface area contributed by atoms with Gasteiger partial charge in [0.25, 0.3) is 0 Å². The van der Waals surface area contributed by atoms with Crippen molar-refractivity contribution >= 4 is 0 Å². The van der Waals surface area contributed by atoms with Gasteiger partial charge >= 0.3 is 0 Å². The van der Waals surface area contributed by atoms with Crippen molar-refractivity contribution in [1.29, 1.82) is 0 Å². The first-order chi connectivity index (χ1) is 9.72. The van der Waals surface area contributed by atoms with Crippen LogP contribution in [0, 0.1) is 5.82 Å². The minimum atomic E-state index is -0.538. The monoisotopic (exact) mass is 285 g/mol. The first kappa shape index (κ1) is 17.0. The van der Waals surface area contributed by atoms with Crippen molar-refractivity contribution in [2.75, 3.05) is 39.5 Å². The lowest BCUT2D eigenvalue weighted by molar-refractivity contribution is 0.00659. The summed E-state index contributed by atoms with van der Waals surface area (Å²) in [5, 5.41) is 12.8. The standard InChI is InChI=1S/C15H24FNO3/c1-2-19-8-9-20-12-15(18)11-17-7-6-13-4-3-5-14(16)10-13/h3-5,10,15,17-18H,2,6-9,11-12H2,1H3. The smallest absolute Gasteiger partial charge is 0.123 e. The van der Waals surface area contributed by atoms with Gasteiger partial charge in [-0.25, -0.2) is 4.39 Å². The highest BCUT2D eigenvalue weighted by atomic mass is 19.1. The van der Waals surface area contributed by atoms with Gasteiger partial charge in [0.15, 0.2) is 0 Å². The first-order valence-electron chi connectivity index (χ1n) is 7.01. The summed E-state index contributed by atoms with van der Waals surface area (Å²) in [6, 6.07) is 6.54. The van der Waals surface area contributed by atoms with Gasteiger partial charge < -0.3 is 19.9 Å². The number of hydrogen-bond acceptors (Lipinski definition) is 4. The van der Waals surface area contributed by atoms with Crippen LogP contribution in [0.15, 0.2) is 24.3 Å². The van der Waals surface area contributed by atoms with E-state index in [2.05, 4.69) is 5.32 Å². The van der Waals surface area contributed by atoms with Gasteiger partial charge in [-0.05, 0) is 37.6 Å². The molecule has 0 aromatic heterocycles. The normalized spacial score (nSPS) is 12.6. The highest BCUT2D eigenvalue weighted by Crippen LogP contribution is 2.03. The molecule has 0 amide bonds. The molecule has 0 fully saturated rings. The summed E-state index contributed by atoms with van der Waals surface area (Å²) >= 11 is 0. The maximum absolute atomic E-state index is 12.9. The largest absolute Gasteiger partial charge is 0.389 e. The Morgan fingerprint density at radius 1 is 1.30 bits per heavy atom. The van der Waals surface area contributed by atoms with Crippen molar-refractivity contribution < 1.29 is 19.0 Å². The summed E-state index contributed by atoms with van der Waals surface area (Å²) in [5.41, 5.74) is 0.944. The molecule has 0 radical (unpaired) electrons. The summed E-state index contributed by atoms with van der Waals surface area (Å²) < 4.78 is 23.3. The van der Waals surface area contributed by atoms with E-state index in [1.165, 1.54) is 12.1 Å². The molecular formula is C15H24FNO3. The fourth-order valence-electron chi connectivity index (χ4n) is 1.73. The molecule has 1 aromatic rings. The van der Waals surface area contributed by atoms with Gasteiger partial charge in [0.1, 0.15) is 5.82 Å². The van der Waals surface area contributed by atoms with Crippen LogP contribution in [-0.4, -0.2) is 50.7 Å². The second-order valence-corrected chi connectivity index (χ2v) is 4.51. The molecule has 5 heteroatoms. The number of halogens is 1. The number of aliphatic hydroxyl groups is 1. The summed E-state index contributed by atoms with van der Waals surface area (Å²) in [6.45, 7) is 5.10. The highest BCUT2D eigenvalue weighted by molar-refractivity contribution is 5.16. The van der Waals surface area contributed by atoms with Gasteiger partial charge in [-0.1, -0.05) is 12.1 Å². The maximum atomic E-state index is 12.9. The average Bonchev–Trinajstić information content (AvgIpc) is 2.43. The predicted octanol–water partition coefficient (Wildman–Crippen LogP) is 1.37. The van der Waals surface area contributed by atoms with Crippen molar-refractivity contribution in [2.24, 2.45) is 0 Å². The number of ether oxygens (including phenoxy) is 2. The Morgan fingerprint density at radius 2 is 2.10 bits per heavy atom. The van der Waals surface area contributed by atoms with E-state index in [4.69, 9.17) is 9.47 Å². The van der Waals surface area contributed by atoms with E-state index in [0.717, 1.165) is 12.0 Å². The molecule has 0 aliphatic heterocycles. The Hall–Kier alpha value is -1.01. The molecule has 1 unspecified atom stereocenters. The van der Waals surface area contributed by atoms with Crippen LogP contribution in [0.3, 0.4) is 0 Å². The van der Waals surface area contributed by atoms with E-state index < -0.39 is 6.10 Å². The average molecular weight is 285 g/mol. The fraction of sp³-hybridized carbons (Fsp3) is 0.600. The molecule has 2 N–H and O–H groups in total. The van der Waals surface area contributed by atoms with E-state index >= 15 is 0 Å². The third-order valence-corrected chi connectivity index (χ3v) is 2.75. The Morgan fingerprint density at radius 3 is 2.85 bits per heavy atom. The molecule has 0 saturated heterocycles. The number of rotatable bonds is 11. The van der Waals surface area contributed by atoms with Crippen molar-refractivity contribution in [3.05, 3.63) is 35.6 Å². The number of nitrogens with one attached hydrogen (secondary N) is 1. The molecule has 1 atom stereocenters. The second kappa shape index (κ2) is 10.7. The van der Waals surface area contributed by atoms with Crippen LogP contribution in [0.4, 0.5) is 4.39 Å². The lowest BCUT2D eigenvalue weighted by Gasteiger charge is -2.12. The Balaban J connectivity index is 2.00. The molecular weight excluding hydrogens is 261 g/mol. The molecule has 0 spiro atoms. The molecule has 4 nitrogen and oxygen atoms in total. The van der Waals surface area contributed by atoms with Crippen LogP contribution in [-0.2, 0) is 15.9 Å². The highest BCUT2D eigenvalue weighted by Gasteiger charge is 2.03. The SMILES string of the molecule is CCOCCOCC(O)CNCCc1cccc(F)c1. The van der Waals surface area contributed by atoms with Crippen LogP contribution in [0.25, 0.3) is 0 Å². The summed E-state index contributed by atoms with van der Waals surface area (Å²) in [6.07, 6.45) is 0.194. The zero-order valence-corrected chi connectivity index (χ0v) is 12.0. The van der Waals surface area contributed by atoms with E-state index in [1.54, 1.807) is 6.07 Å². The second-order valence-electron chi connectivity index (χ2n) is 4.51. The zero-order chi connectivity index (χ0) is 14.6. The Labute approximate surface area is 119 Å². The molecule has 1 rings (SSSR count). The van der Waals surface area contributed by atoms with Crippen LogP contribution in [0.1, 0.15) is 12.5 Å². The van der Waals surface area contributed by atoms with Crippen molar-refractivity contribution in [1.82, 2.24) is 5.32 Å². The molecule has 0 saturated carbocycles. The van der Waals surface area contributed by atoms with Gasteiger partial charge in [0.2, 0.25) is 0 Å². The van der Waals surface area contributed by atoms with Crippen LogP contribution in [0.2, 0.25) is 0 Å². The fourth-order valence-corrected chi connectivity index (χ4v) is 1.73. The number of aliphatic hydroxyl groups excluding tert-OH is 1. The molecule has 0 aliphatic rings. The van der Waals surface area contributed by atoms with E-state index in [1.807, 2.05) is 13.0 Å². The third kappa shape index (κ3) is 8.22. The van der Waals surface area contributed by atoms with Gasteiger partial charge in [-0.2, -0.15) is 0 Å². The van der Waals surface area contributed by atoms with Crippen LogP contribution in [0.5, 0.6) is 0 Å². The van der Waals surface area contributed by atoms with Gasteiger partial charge in [-0.3, -0.25) is 0 Å². The maximum Gasteiger partial charge on any atom is 0.123 e. The summed E-state index contributed by atoms with van der Waals surface area (Å²) in [7, 11) is 0. The Bertz CT molecular complexity index is 363. The summed E-state index contributed by atoms with van der Waals surface area (Å²) in [5.74, 6) is -0.217. The molecule has 20 heavy (non-hydrogen) atoms. The van der Waals surface area contributed by atoms with Gasteiger partial charge in [0, 0.05) is 13.2 Å². The van der Waals surface area contributed by atoms with E-state index in [-0.39, 0.29) is 5.82 Å². The van der Waals surface area contributed by atoms with Crippen molar-refractivity contribution in [3.63, 3.8) is 0 Å². The lowest BCUT2D eigenvalue weighted by Crippen LogP contribution is -2.32. The van der Waals surface area contributed by atoms with Gasteiger partial charge in [0.05, 0.1) is 25.9 Å². The van der Waals surface area contributed by atoms with Crippen LogP contribution >= 0.6 is 0 Å². The van der Waals surface area contributed by atoms with Crippen LogP contribution < -0.4 is 5.32 Å². The topological polar surface area (TPSA) is 50.7 Å². The van der Waals surface area contributed by atoms with E-state index in [9.17, 15) is 9.50 Å². The third-order valence-electron chi connectivity index (χ3n) is 2.75. The Kier molecular flexibility index (Phi) is 9.15. The quantitative estimate of drug-likeness (QED) is 0.603. The van der Waals surface area contributed by atoms with Gasteiger partial charge in [-0.15, -0.1) is 0 Å². The minimum absolute atomic E-state index is 0.217. The minimum Gasteiger partial charge on any atom is -0.389 e. The lowest BCUT2D eigenvalue weighted by atomic mass is 10.1. The number of hydrogen-bond donors (Lipinski definition) is 2. The molecule has 0 aliphatic carbocycles. The van der Waals surface area contributed by atoms with E-state index in [0.29, 0.717) is 39.5 Å².